The lowest BCUT2D eigenvalue weighted by Crippen LogP contribution is -2.20. The minimum Gasteiger partial charge on any atom is -0.258 e. The van der Waals surface area contributed by atoms with Gasteiger partial charge in [0.25, 0.3) is 15.7 Å². The van der Waals surface area contributed by atoms with Crippen molar-refractivity contribution in [3.05, 3.63) is 68.7 Å². The molecule has 2 aromatic rings. The van der Waals surface area contributed by atoms with Crippen LogP contribution in [0.3, 0.4) is 0 Å². The molecule has 0 spiro atoms. The van der Waals surface area contributed by atoms with E-state index >= 15 is 0 Å². The largest absolute Gasteiger partial charge is 0.289 e. The van der Waals surface area contributed by atoms with E-state index in [4.69, 9.17) is 11.6 Å². The molecule has 0 atom stereocenters. The van der Waals surface area contributed by atoms with Crippen LogP contribution in [0, 0.1) is 10.1 Å². The fraction of sp³-hybridized carbons (Fsp3) is 0.350. The Labute approximate surface area is 175 Å². The van der Waals surface area contributed by atoms with E-state index in [9.17, 15) is 18.5 Å². The Kier molecular flexibility index (Phi) is 6.54. The van der Waals surface area contributed by atoms with Crippen molar-refractivity contribution in [2.45, 2.75) is 49.8 Å². The number of nitro groups is 1. The highest BCUT2D eigenvalue weighted by Gasteiger charge is 2.20. The van der Waals surface area contributed by atoms with Gasteiger partial charge in [0, 0.05) is 6.07 Å². The van der Waals surface area contributed by atoms with Crippen molar-refractivity contribution >= 4 is 33.0 Å². The standard InChI is InChI=1S/C20H22ClN3O4S/c1-14(15-7-9-17(10-8-15)16-5-3-2-4-6-16)22-23-29(27,28)18-11-12-19(21)20(13-18)24(25)26/h7-13,16,23H,2-6H2,1H3. The molecule has 0 unspecified atom stereocenters. The van der Waals surface area contributed by atoms with E-state index in [1.807, 2.05) is 12.1 Å². The molecule has 7 nitrogen and oxygen atoms in total. The lowest BCUT2D eigenvalue weighted by atomic mass is 9.84. The second-order valence-corrected chi connectivity index (χ2v) is 9.19. The lowest BCUT2D eigenvalue weighted by molar-refractivity contribution is -0.384. The van der Waals surface area contributed by atoms with Crippen LogP contribution in [0.1, 0.15) is 56.1 Å². The van der Waals surface area contributed by atoms with E-state index in [0.717, 1.165) is 11.6 Å². The summed E-state index contributed by atoms with van der Waals surface area (Å²) in [7, 11) is -4.06. The lowest BCUT2D eigenvalue weighted by Gasteiger charge is -2.22. The van der Waals surface area contributed by atoms with Crippen molar-refractivity contribution < 1.29 is 13.3 Å². The van der Waals surface area contributed by atoms with Crippen LogP contribution in [0.15, 0.2) is 52.5 Å². The summed E-state index contributed by atoms with van der Waals surface area (Å²) in [4.78, 5) is 12.1. The van der Waals surface area contributed by atoms with Crippen LogP contribution in [-0.2, 0) is 10.0 Å². The Balaban J connectivity index is 1.74. The monoisotopic (exact) mass is 435 g/mol. The molecule has 29 heavy (non-hydrogen) atoms. The third kappa shape index (κ3) is 5.13. The Morgan fingerprint density at radius 2 is 1.79 bits per heavy atom. The van der Waals surface area contributed by atoms with Gasteiger partial charge in [0.2, 0.25) is 0 Å². The van der Waals surface area contributed by atoms with Gasteiger partial charge in [-0.15, -0.1) is 0 Å². The molecular formula is C20H22ClN3O4S. The molecule has 0 bridgehead atoms. The molecular weight excluding hydrogens is 414 g/mol. The number of nitro benzene ring substituents is 1. The quantitative estimate of drug-likeness (QED) is 0.392. The minimum atomic E-state index is -4.06. The number of rotatable bonds is 6. The summed E-state index contributed by atoms with van der Waals surface area (Å²) < 4.78 is 24.9. The molecule has 2 aromatic carbocycles. The van der Waals surface area contributed by atoms with Crippen LogP contribution in [0.2, 0.25) is 5.02 Å². The zero-order valence-electron chi connectivity index (χ0n) is 16.0. The third-order valence-electron chi connectivity index (χ3n) is 5.16. The highest BCUT2D eigenvalue weighted by Crippen LogP contribution is 2.32. The van der Waals surface area contributed by atoms with Gasteiger partial charge < -0.3 is 0 Å². The van der Waals surface area contributed by atoms with Gasteiger partial charge in [-0.25, -0.2) is 0 Å². The maximum atomic E-state index is 12.4. The number of nitrogens with one attached hydrogen (secondary N) is 1. The molecule has 0 aliphatic heterocycles. The van der Waals surface area contributed by atoms with E-state index in [1.54, 1.807) is 6.92 Å². The van der Waals surface area contributed by atoms with E-state index < -0.39 is 20.6 Å². The SMILES string of the molecule is CC(=NNS(=O)(=O)c1ccc(Cl)c([N+](=O)[O-])c1)c1ccc(C2CCCCC2)cc1. The summed E-state index contributed by atoms with van der Waals surface area (Å²) in [6.45, 7) is 1.70. The number of hydrogen-bond donors (Lipinski definition) is 1. The summed E-state index contributed by atoms with van der Waals surface area (Å²) in [5, 5.41) is 14.8. The van der Waals surface area contributed by atoms with Gasteiger partial charge in [0.05, 0.1) is 15.5 Å². The fourth-order valence-corrected chi connectivity index (χ4v) is 4.54. The van der Waals surface area contributed by atoms with Gasteiger partial charge >= 0.3 is 0 Å². The molecule has 0 amide bonds. The second kappa shape index (κ2) is 8.92. The smallest absolute Gasteiger partial charge is 0.258 e. The first-order valence-electron chi connectivity index (χ1n) is 9.38. The van der Waals surface area contributed by atoms with E-state index in [-0.39, 0.29) is 9.92 Å². The molecule has 9 heteroatoms. The van der Waals surface area contributed by atoms with Crippen LogP contribution in [-0.4, -0.2) is 19.1 Å². The molecule has 0 radical (unpaired) electrons. The molecule has 154 valence electrons. The van der Waals surface area contributed by atoms with Gasteiger partial charge in [-0.05, 0) is 48.9 Å². The summed E-state index contributed by atoms with van der Waals surface area (Å²) in [5.41, 5.74) is 2.12. The highest BCUT2D eigenvalue weighted by molar-refractivity contribution is 7.89. The highest BCUT2D eigenvalue weighted by atomic mass is 35.5. The average molecular weight is 436 g/mol. The molecule has 1 aliphatic rings. The Morgan fingerprint density at radius 1 is 1.14 bits per heavy atom. The maximum absolute atomic E-state index is 12.4. The minimum absolute atomic E-state index is 0.133. The first-order chi connectivity index (χ1) is 13.8. The molecule has 0 heterocycles. The van der Waals surface area contributed by atoms with Crippen molar-refractivity contribution in [3.8, 4) is 0 Å². The molecule has 3 rings (SSSR count). The average Bonchev–Trinajstić information content (AvgIpc) is 2.73. The number of hydrogen-bond acceptors (Lipinski definition) is 5. The van der Waals surface area contributed by atoms with Crippen molar-refractivity contribution in [1.29, 1.82) is 0 Å². The molecule has 1 N–H and O–H groups in total. The summed E-state index contributed by atoms with van der Waals surface area (Å²) in [6.07, 6.45) is 6.24. The summed E-state index contributed by atoms with van der Waals surface area (Å²) >= 11 is 5.73. The molecule has 1 aliphatic carbocycles. The van der Waals surface area contributed by atoms with Crippen LogP contribution >= 0.6 is 11.6 Å². The van der Waals surface area contributed by atoms with Gasteiger partial charge in [-0.2, -0.15) is 18.4 Å². The number of nitrogens with zero attached hydrogens (tertiary/aromatic N) is 2. The fourth-order valence-electron chi connectivity index (χ4n) is 3.48. The van der Waals surface area contributed by atoms with E-state index in [1.165, 1.54) is 49.8 Å². The Morgan fingerprint density at radius 3 is 2.41 bits per heavy atom. The van der Waals surface area contributed by atoms with Crippen LogP contribution in [0.4, 0.5) is 5.69 Å². The summed E-state index contributed by atoms with van der Waals surface area (Å²) in [6, 6.07) is 11.3. The topological polar surface area (TPSA) is 102 Å². The molecule has 0 saturated heterocycles. The Bertz CT molecular complexity index is 1030. The predicted molar refractivity (Wildman–Crippen MR) is 113 cm³/mol. The number of benzene rings is 2. The van der Waals surface area contributed by atoms with Gasteiger partial charge in [-0.3, -0.25) is 10.1 Å². The normalized spacial score (nSPS) is 15.9. The third-order valence-corrected chi connectivity index (χ3v) is 6.69. The predicted octanol–water partition coefficient (Wildman–Crippen LogP) is 5.00. The van der Waals surface area contributed by atoms with Crippen LogP contribution < -0.4 is 4.83 Å². The molecule has 0 aromatic heterocycles. The van der Waals surface area contributed by atoms with Gasteiger partial charge in [0.15, 0.2) is 0 Å². The first kappa shape index (κ1) is 21.3. The number of sulfonamides is 1. The van der Waals surface area contributed by atoms with Gasteiger partial charge in [0.1, 0.15) is 5.02 Å². The maximum Gasteiger partial charge on any atom is 0.289 e. The zero-order valence-corrected chi connectivity index (χ0v) is 17.5. The molecule has 1 saturated carbocycles. The van der Waals surface area contributed by atoms with Crippen molar-refractivity contribution in [2.24, 2.45) is 5.10 Å². The summed E-state index contributed by atoms with van der Waals surface area (Å²) in [5.74, 6) is 0.592. The second-order valence-electron chi connectivity index (χ2n) is 7.12. The Hall–Kier alpha value is -2.45. The molecule has 1 fully saturated rings. The zero-order chi connectivity index (χ0) is 21.0. The van der Waals surface area contributed by atoms with Crippen LogP contribution in [0.25, 0.3) is 0 Å². The van der Waals surface area contributed by atoms with E-state index in [0.29, 0.717) is 11.6 Å². The van der Waals surface area contributed by atoms with Crippen LogP contribution in [0.5, 0.6) is 0 Å². The number of hydrazone groups is 1. The van der Waals surface area contributed by atoms with Crippen molar-refractivity contribution in [2.75, 3.05) is 0 Å². The van der Waals surface area contributed by atoms with Crippen molar-refractivity contribution in [3.63, 3.8) is 0 Å². The first-order valence-corrected chi connectivity index (χ1v) is 11.2. The number of halogens is 1. The van der Waals surface area contributed by atoms with Gasteiger partial charge in [-0.1, -0.05) is 55.1 Å². The van der Waals surface area contributed by atoms with E-state index in [2.05, 4.69) is 22.1 Å². The van der Waals surface area contributed by atoms with Crippen molar-refractivity contribution in [1.82, 2.24) is 4.83 Å².